The zero-order valence-corrected chi connectivity index (χ0v) is 17.6. The highest BCUT2D eigenvalue weighted by Crippen LogP contribution is 2.27. The third-order valence-corrected chi connectivity index (χ3v) is 6.80. The van der Waals surface area contributed by atoms with Crippen LogP contribution in [0.1, 0.15) is 22.5 Å². The number of aromatic nitrogens is 3. The van der Waals surface area contributed by atoms with E-state index in [4.69, 9.17) is 0 Å². The number of anilines is 1. The Balaban J connectivity index is 1.28. The van der Waals surface area contributed by atoms with Crippen molar-refractivity contribution in [2.24, 2.45) is 13.0 Å². The molecule has 7 nitrogen and oxygen atoms in total. The fourth-order valence-electron chi connectivity index (χ4n) is 3.22. The molecule has 0 spiro atoms. The van der Waals surface area contributed by atoms with Gasteiger partial charge in [-0.05, 0) is 60.3 Å². The van der Waals surface area contributed by atoms with Crippen molar-refractivity contribution in [3.05, 3.63) is 53.0 Å². The minimum atomic E-state index is -0.0740. The first-order valence-corrected chi connectivity index (χ1v) is 11.1. The molecule has 0 unspecified atom stereocenters. The molecule has 0 saturated carbocycles. The van der Waals surface area contributed by atoms with E-state index in [0.29, 0.717) is 25.9 Å². The predicted octanol–water partition coefficient (Wildman–Crippen LogP) is 3.52. The molecular formula is C20H21N5O2S2. The maximum Gasteiger partial charge on any atom is 0.263 e. The van der Waals surface area contributed by atoms with Gasteiger partial charge in [-0.3, -0.25) is 9.59 Å². The fourth-order valence-corrected chi connectivity index (χ4v) is 4.67. The second-order valence-electron chi connectivity index (χ2n) is 6.88. The highest BCUT2D eigenvalue weighted by molar-refractivity contribution is 7.99. The quantitative estimate of drug-likeness (QED) is 0.674. The molecule has 2 amide bonds. The van der Waals surface area contributed by atoms with Crippen molar-refractivity contribution in [1.29, 1.82) is 0 Å². The number of nitrogens with zero attached hydrogens (tertiary/aromatic N) is 4. The summed E-state index contributed by atoms with van der Waals surface area (Å²) >= 11 is 2.97. The molecule has 0 aliphatic carbocycles. The van der Waals surface area contributed by atoms with Crippen LogP contribution in [0, 0.1) is 5.92 Å². The second-order valence-corrected chi connectivity index (χ2v) is 8.87. The molecule has 0 bridgehead atoms. The predicted molar refractivity (Wildman–Crippen MR) is 113 cm³/mol. The molecule has 1 saturated heterocycles. The number of aryl methyl sites for hydroxylation is 1. The van der Waals surface area contributed by atoms with E-state index in [1.165, 1.54) is 23.1 Å². The van der Waals surface area contributed by atoms with E-state index in [9.17, 15) is 9.59 Å². The first kappa shape index (κ1) is 19.7. The Labute approximate surface area is 177 Å². The number of likely N-dealkylation sites (tertiary alicyclic amines) is 1. The standard InChI is InChI=1S/C20H21N5O2S2/c1-24-13-21-23-20(24)29-16-6-4-15(5-7-16)22-18(26)14-8-10-25(11-9-14)19(27)17-3-2-12-28-17/h2-7,12-14H,8-11H2,1H3,(H,22,26). The average Bonchev–Trinajstić information content (AvgIpc) is 3.41. The SMILES string of the molecule is Cn1cnnc1Sc1ccc(NC(=O)C2CCN(C(=O)c3cccs3)CC2)cc1. The number of hydrogen-bond acceptors (Lipinski definition) is 6. The number of hydrogen-bond donors (Lipinski definition) is 1. The van der Waals surface area contributed by atoms with Crippen molar-refractivity contribution >= 4 is 40.6 Å². The molecule has 3 aromatic rings. The third-order valence-electron chi connectivity index (χ3n) is 4.89. The van der Waals surface area contributed by atoms with E-state index in [2.05, 4.69) is 15.5 Å². The van der Waals surface area contributed by atoms with Crippen LogP contribution in [-0.4, -0.2) is 44.6 Å². The lowest BCUT2D eigenvalue weighted by atomic mass is 9.95. The van der Waals surface area contributed by atoms with Crippen molar-refractivity contribution < 1.29 is 9.59 Å². The Bertz CT molecular complexity index is 977. The molecule has 9 heteroatoms. The van der Waals surface area contributed by atoms with Gasteiger partial charge in [-0.25, -0.2) is 0 Å². The normalized spacial score (nSPS) is 14.7. The van der Waals surface area contributed by atoms with Crippen LogP contribution in [0.5, 0.6) is 0 Å². The van der Waals surface area contributed by atoms with Crippen molar-refractivity contribution in [2.45, 2.75) is 22.9 Å². The van der Waals surface area contributed by atoms with Crippen LogP contribution in [0.2, 0.25) is 0 Å². The molecule has 1 fully saturated rings. The molecule has 150 valence electrons. The van der Waals surface area contributed by atoms with E-state index in [1.54, 1.807) is 6.33 Å². The van der Waals surface area contributed by atoms with Crippen LogP contribution in [0.4, 0.5) is 5.69 Å². The van der Waals surface area contributed by atoms with Gasteiger partial charge in [0.25, 0.3) is 5.91 Å². The Morgan fingerprint density at radius 2 is 1.93 bits per heavy atom. The smallest absolute Gasteiger partial charge is 0.263 e. The van der Waals surface area contributed by atoms with Gasteiger partial charge in [0.05, 0.1) is 4.88 Å². The number of benzene rings is 1. The van der Waals surface area contributed by atoms with Gasteiger partial charge in [-0.15, -0.1) is 21.5 Å². The maximum atomic E-state index is 12.6. The van der Waals surface area contributed by atoms with Crippen molar-refractivity contribution in [2.75, 3.05) is 18.4 Å². The molecule has 29 heavy (non-hydrogen) atoms. The van der Waals surface area contributed by atoms with Gasteiger partial charge in [-0.1, -0.05) is 6.07 Å². The van der Waals surface area contributed by atoms with Crippen LogP contribution in [0.3, 0.4) is 0 Å². The number of carbonyl (C=O) groups excluding carboxylic acids is 2. The average molecular weight is 428 g/mol. The Morgan fingerprint density at radius 3 is 2.55 bits per heavy atom. The molecule has 0 atom stereocenters. The molecule has 0 radical (unpaired) electrons. The van der Waals surface area contributed by atoms with Crippen molar-refractivity contribution in [3.63, 3.8) is 0 Å². The van der Waals surface area contributed by atoms with Gasteiger partial charge in [0.15, 0.2) is 5.16 Å². The zero-order valence-electron chi connectivity index (χ0n) is 15.9. The van der Waals surface area contributed by atoms with E-state index >= 15 is 0 Å². The Morgan fingerprint density at radius 1 is 1.17 bits per heavy atom. The lowest BCUT2D eigenvalue weighted by Gasteiger charge is -2.31. The monoisotopic (exact) mass is 427 g/mol. The number of nitrogens with one attached hydrogen (secondary N) is 1. The largest absolute Gasteiger partial charge is 0.338 e. The summed E-state index contributed by atoms with van der Waals surface area (Å²) in [6, 6.07) is 11.4. The van der Waals surface area contributed by atoms with Gasteiger partial charge in [0.2, 0.25) is 5.91 Å². The molecule has 1 aromatic carbocycles. The molecule has 3 heterocycles. The topological polar surface area (TPSA) is 80.1 Å². The minimum absolute atomic E-state index is 0.0157. The van der Waals surface area contributed by atoms with Crippen LogP contribution >= 0.6 is 23.1 Å². The van der Waals surface area contributed by atoms with Crippen molar-refractivity contribution in [3.8, 4) is 0 Å². The van der Waals surface area contributed by atoms with E-state index in [-0.39, 0.29) is 17.7 Å². The summed E-state index contributed by atoms with van der Waals surface area (Å²) in [4.78, 5) is 28.7. The molecule has 4 rings (SSSR count). The lowest BCUT2D eigenvalue weighted by molar-refractivity contribution is -0.121. The molecule has 1 aliphatic rings. The first-order chi connectivity index (χ1) is 14.1. The summed E-state index contributed by atoms with van der Waals surface area (Å²) in [5, 5.41) is 13.6. The van der Waals surface area contributed by atoms with Crippen LogP contribution < -0.4 is 5.32 Å². The van der Waals surface area contributed by atoms with Crippen LogP contribution in [0.25, 0.3) is 0 Å². The zero-order chi connectivity index (χ0) is 20.2. The summed E-state index contributed by atoms with van der Waals surface area (Å²) in [5.41, 5.74) is 0.773. The van der Waals surface area contributed by atoms with E-state index in [0.717, 1.165) is 20.6 Å². The first-order valence-electron chi connectivity index (χ1n) is 9.36. The maximum absolute atomic E-state index is 12.6. The summed E-state index contributed by atoms with van der Waals surface area (Å²) in [6.07, 6.45) is 3.03. The van der Waals surface area contributed by atoms with E-state index in [1.807, 2.05) is 58.3 Å². The fraction of sp³-hybridized carbons (Fsp3) is 0.300. The van der Waals surface area contributed by atoms with Crippen LogP contribution in [0.15, 0.2) is 58.2 Å². The van der Waals surface area contributed by atoms with Gasteiger partial charge >= 0.3 is 0 Å². The van der Waals surface area contributed by atoms with E-state index < -0.39 is 0 Å². The summed E-state index contributed by atoms with van der Waals surface area (Å²) in [6.45, 7) is 1.23. The van der Waals surface area contributed by atoms with Gasteiger partial charge in [0, 0.05) is 36.6 Å². The van der Waals surface area contributed by atoms with Gasteiger partial charge < -0.3 is 14.8 Å². The third kappa shape index (κ3) is 4.68. The van der Waals surface area contributed by atoms with Gasteiger partial charge in [-0.2, -0.15) is 0 Å². The van der Waals surface area contributed by atoms with Crippen LogP contribution in [-0.2, 0) is 11.8 Å². The number of piperidine rings is 1. The number of rotatable bonds is 5. The van der Waals surface area contributed by atoms with Gasteiger partial charge in [0.1, 0.15) is 6.33 Å². The molecule has 1 N–H and O–H groups in total. The summed E-state index contributed by atoms with van der Waals surface area (Å²) in [7, 11) is 1.90. The van der Waals surface area contributed by atoms with Crippen molar-refractivity contribution in [1.82, 2.24) is 19.7 Å². The highest BCUT2D eigenvalue weighted by Gasteiger charge is 2.28. The summed E-state index contributed by atoms with van der Waals surface area (Å²) in [5.74, 6) is 0.00636. The Hall–Kier alpha value is -2.65. The summed E-state index contributed by atoms with van der Waals surface area (Å²) < 4.78 is 1.86. The Kier molecular flexibility index (Phi) is 5.96. The molecule has 2 aromatic heterocycles. The molecule has 1 aliphatic heterocycles. The molecular weight excluding hydrogens is 406 g/mol. The number of thiophene rings is 1. The highest BCUT2D eigenvalue weighted by atomic mass is 32.2. The number of amides is 2. The minimum Gasteiger partial charge on any atom is -0.338 e. The lowest BCUT2D eigenvalue weighted by Crippen LogP contribution is -2.41. The number of carbonyl (C=O) groups is 2. The second kappa shape index (κ2) is 8.79.